The molecule has 0 aliphatic heterocycles. The molecular weight excluding hydrogens is 359 g/mol. The molecule has 0 bridgehead atoms. The van der Waals surface area contributed by atoms with Gasteiger partial charge in [0.05, 0.1) is 12.9 Å². The van der Waals surface area contributed by atoms with Crippen LogP contribution >= 0.6 is 8.25 Å². The van der Waals surface area contributed by atoms with E-state index in [0.717, 1.165) is 11.0 Å². The smallest absolute Gasteiger partial charge is 0.326 e. The third-order valence-corrected chi connectivity index (χ3v) is 4.27. The maximum Gasteiger partial charge on any atom is 0.332 e. The Morgan fingerprint density at radius 2 is 1.81 bits per heavy atom. The van der Waals surface area contributed by atoms with Crippen LogP contribution < -0.4 is 11.2 Å². The Morgan fingerprint density at radius 3 is 2.35 bits per heavy atom. The lowest BCUT2D eigenvalue weighted by Crippen LogP contribution is -2.39. The predicted octanol–water partition coefficient (Wildman–Crippen LogP) is 1.90. The van der Waals surface area contributed by atoms with Crippen LogP contribution in [0.25, 0.3) is 11.2 Å². The molecular formula is C16H29N4O5P. The van der Waals surface area contributed by atoms with Gasteiger partial charge in [-0.1, -0.05) is 33.6 Å². The standard InChI is InChI=1S/C12H19N4O5P.C4H10/c1-3-5-15-8-13-10-9(15)11(17)16(12(18)14(10)2)6-4-7-21-22(19)20;1-3-4-2/h8,22H,3-7H2,1-2H3,(H,19,20);3-4H2,1-2H3. The normalized spacial score (nSPS) is 12.0. The second-order valence-corrected chi connectivity index (χ2v) is 6.70. The lowest BCUT2D eigenvalue weighted by atomic mass is 10.4. The topological polar surface area (TPSA) is 108 Å². The molecule has 0 aliphatic carbocycles. The molecule has 0 aromatic carbocycles. The van der Waals surface area contributed by atoms with Gasteiger partial charge in [0.1, 0.15) is 0 Å². The minimum atomic E-state index is -2.99. The molecule has 0 aliphatic rings. The van der Waals surface area contributed by atoms with Crippen molar-refractivity contribution >= 4 is 19.4 Å². The van der Waals surface area contributed by atoms with E-state index in [0.29, 0.717) is 24.1 Å². The fraction of sp³-hybridized carbons (Fsp3) is 0.688. The number of aromatic nitrogens is 4. The minimum absolute atomic E-state index is 0.0101. The lowest BCUT2D eigenvalue weighted by molar-refractivity contribution is 0.270. The Bertz CT molecular complexity index is 838. The SMILES string of the molecule is CCCC.CCCn1cnc2c1c(=O)n(CCCO[PH](=O)O)c(=O)n2C. The van der Waals surface area contributed by atoms with Crippen LogP contribution in [0.2, 0.25) is 0 Å². The second kappa shape index (κ2) is 11.1. The molecule has 0 saturated carbocycles. The number of aryl methyl sites for hydroxylation is 2. The fourth-order valence-corrected chi connectivity index (χ4v) is 2.63. The van der Waals surface area contributed by atoms with E-state index in [1.165, 1.54) is 17.4 Å². The van der Waals surface area contributed by atoms with Crippen molar-refractivity contribution in [2.24, 2.45) is 7.05 Å². The van der Waals surface area contributed by atoms with Crippen LogP contribution in [-0.4, -0.2) is 30.2 Å². The van der Waals surface area contributed by atoms with Crippen LogP contribution in [0.1, 0.15) is 46.5 Å². The summed E-state index contributed by atoms with van der Waals surface area (Å²) in [6, 6.07) is 0. The van der Waals surface area contributed by atoms with Gasteiger partial charge in [0.2, 0.25) is 0 Å². The number of unbranched alkanes of at least 4 members (excludes halogenated alkanes) is 1. The molecule has 0 radical (unpaired) electrons. The van der Waals surface area contributed by atoms with E-state index in [1.807, 2.05) is 6.92 Å². The summed E-state index contributed by atoms with van der Waals surface area (Å²) < 4.78 is 19.2. The Balaban J connectivity index is 0.000000765. The third kappa shape index (κ3) is 5.65. The Kier molecular flexibility index (Phi) is 9.54. The molecule has 0 fully saturated rings. The molecule has 2 aromatic rings. The summed E-state index contributed by atoms with van der Waals surface area (Å²) in [6.45, 7) is 7.12. The van der Waals surface area contributed by atoms with E-state index in [-0.39, 0.29) is 13.2 Å². The number of fused-ring (bicyclic) bond motifs is 1. The van der Waals surface area contributed by atoms with Gasteiger partial charge in [-0.05, 0) is 12.8 Å². The molecule has 1 unspecified atom stereocenters. The van der Waals surface area contributed by atoms with Gasteiger partial charge in [0.15, 0.2) is 11.2 Å². The summed E-state index contributed by atoms with van der Waals surface area (Å²) in [6.07, 6.45) is 5.33. The second-order valence-electron chi connectivity index (χ2n) is 5.88. The number of rotatable bonds is 8. The van der Waals surface area contributed by atoms with Crippen molar-refractivity contribution in [3.63, 3.8) is 0 Å². The van der Waals surface area contributed by atoms with Crippen LogP contribution in [-0.2, 0) is 29.2 Å². The average molecular weight is 388 g/mol. The summed E-state index contributed by atoms with van der Waals surface area (Å²) >= 11 is 0. The van der Waals surface area contributed by atoms with Crippen molar-refractivity contribution in [2.75, 3.05) is 6.61 Å². The largest absolute Gasteiger partial charge is 0.332 e. The average Bonchev–Trinajstić information content (AvgIpc) is 3.03. The molecule has 1 atom stereocenters. The summed E-state index contributed by atoms with van der Waals surface area (Å²) in [5.74, 6) is 0. The molecule has 148 valence electrons. The summed E-state index contributed by atoms with van der Waals surface area (Å²) in [7, 11) is -1.43. The maximum absolute atomic E-state index is 12.5. The van der Waals surface area contributed by atoms with E-state index in [9.17, 15) is 14.2 Å². The fourth-order valence-electron chi connectivity index (χ4n) is 2.31. The van der Waals surface area contributed by atoms with Crippen LogP contribution in [0.5, 0.6) is 0 Å². The quantitative estimate of drug-likeness (QED) is 0.547. The highest BCUT2D eigenvalue weighted by molar-refractivity contribution is 7.32. The molecule has 2 rings (SSSR count). The lowest BCUT2D eigenvalue weighted by Gasteiger charge is -2.09. The highest BCUT2D eigenvalue weighted by Crippen LogP contribution is 2.14. The zero-order chi connectivity index (χ0) is 19.7. The first-order valence-electron chi connectivity index (χ1n) is 8.89. The Morgan fingerprint density at radius 1 is 1.15 bits per heavy atom. The predicted molar refractivity (Wildman–Crippen MR) is 102 cm³/mol. The Hall–Kier alpha value is -1.70. The number of hydrogen-bond donors (Lipinski definition) is 1. The third-order valence-electron chi connectivity index (χ3n) is 3.82. The molecule has 0 saturated heterocycles. The Labute approximate surface area is 153 Å². The van der Waals surface area contributed by atoms with E-state index in [1.54, 1.807) is 17.9 Å². The number of hydrogen-bond acceptors (Lipinski definition) is 5. The van der Waals surface area contributed by atoms with Crippen molar-refractivity contribution in [1.82, 2.24) is 18.7 Å². The summed E-state index contributed by atoms with van der Waals surface area (Å²) in [4.78, 5) is 37.5. The van der Waals surface area contributed by atoms with Gasteiger partial charge in [0, 0.05) is 20.1 Å². The van der Waals surface area contributed by atoms with Crippen molar-refractivity contribution < 1.29 is 14.0 Å². The van der Waals surface area contributed by atoms with Gasteiger partial charge < -0.3 is 14.0 Å². The highest BCUT2D eigenvalue weighted by atomic mass is 31.1. The van der Waals surface area contributed by atoms with E-state index < -0.39 is 19.5 Å². The van der Waals surface area contributed by atoms with Crippen LogP contribution in [0.3, 0.4) is 0 Å². The van der Waals surface area contributed by atoms with Gasteiger partial charge in [-0.3, -0.25) is 18.5 Å². The van der Waals surface area contributed by atoms with Crippen LogP contribution in [0.4, 0.5) is 0 Å². The molecule has 0 amide bonds. The molecule has 10 heteroatoms. The van der Waals surface area contributed by atoms with Crippen LogP contribution in [0.15, 0.2) is 15.9 Å². The maximum atomic E-state index is 12.5. The van der Waals surface area contributed by atoms with Gasteiger partial charge in [-0.15, -0.1) is 0 Å². The molecule has 1 N–H and O–H groups in total. The van der Waals surface area contributed by atoms with E-state index in [2.05, 4.69) is 23.4 Å². The number of nitrogens with zero attached hydrogens (tertiary/aromatic N) is 4. The van der Waals surface area contributed by atoms with E-state index >= 15 is 0 Å². The monoisotopic (exact) mass is 388 g/mol. The molecule has 2 heterocycles. The molecule has 26 heavy (non-hydrogen) atoms. The minimum Gasteiger partial charge on any atom is -0.326 e. The van der Waals surface area contributed by atoms with Crippen LogP contribution in [0, 0.1) is 0 Å². The summed E-state index contributed by atoms with van der Waals surface area (Å²) in [5.41, 5.74) is -0.117. The van der Waals surface area contributed by atoms with Crippen molar-refractivity contribution in [3.8, 4) is 0 Å². The van der Waals surface area contributed by atoms with Crippen molar-refractivity contribution in [1.29, 1.82) is 0 Å². The van der Waals surface area contributed by atoms with Gasteiger partial charge in [-0.25, -0.2) is 9.78 Å². The molecule has 9 nitrogen and oxygen atoms in total. The first kappa shape index (κ1) is 22.3. The van der Waals surface area contributed by atoms with Gasteiger partial charge in [-0.2, -0.15) is 0 Å². The van der Waals surface area contributed by atoms with Crippen molar-refractivity contribution in [3.05, 3.63) is 27.2 Å². The van der Waals surface area contributed by atoms with E-state index in [4.69, 9.17) is 4.89 Å². The zero-order valence-electron chi connectivity index (χ0n) is 15.9. The highest BCUT2D eigenvalue weighted by Gasteiger charge is 2.15. The summed E-state index contributed by atoms with van der Waals surface area (Å²) in [5, 5.41) is 0. The molecule has 0 spiro atoms. The number of imidazole rings is 1. The van der Waals surface area contributed by atoms with Crippen molar-refractivity contribution in [2.45, 2.75) is 59.5 Å². The first-order valence-corrected chi connectivity index (χ1v) is 10.2. The van der Waals surface area contributed by atoms with Gasteiger partial charge in [0.25, 0.3) is 5.56 Å². The first-order chi connectivity index (χ1) is 12.4. The molecule has 2 aromatic heterocycles. The zero-order valence-corrected chi connectivity index (χ0v) is 16.9. The van der Waals surface area contributed by atoms with Gasteiger partial charge >= 0.3 is 13.9 Å².